The van der Waals surface area contributed by atoms with E-state index in [-0.39, 0.29) is 11.8 Å². The number of amides is 2. The maximum atomic E-state index is 12.8. The Morgan fingerprint density at radius 1 is 1.19 bits per heavy atom. The van der Waals surface area contributed by atoms with Crippen LogP contribution in [-0.2, 0) is 4.79 Å². The van der Waals surface area contributed by atoms with Crippen molar-refractivity contribution in [3.63, 3.8) is 0 Å². The predicted octanol–water partition coefficient (Wildman–Crippen LogP) is 3.10. The number of rotatable bonds is 5. The summed E-state index contributed by atoms with van der Waals surface area (Å²) in [6.07, 6.45) is 4.93. The first-order valence-corrected chi connectivity index (χ1v) is 10.1. The maximum Gasteiger partial charge on any atom is 0.254 e. The van der Waals surface area contributed by atoms with Crippen LogP contribution in [0.4, 0.5) is 0 Å². The Labute approximate surface area is 164 Å². The van der Waals surface area contributed by atoms with Crippen LogP contribution in [-0.4, -0.2) is 48.9 Å². The first-order valence-electron chi connectivity index (χ1n) is 9.30. The lowest BCUT2D eigenvalue weighted by molar-refractivity contribution is -0.124. The fourth-order valence-electron chi connectivity index (χ4n) is 3.77. The van der Waals surface area contributed by atoms with Gasteiger partial charge in [0, 0.05) is 18.7 Å². The van der Waals surface area contributed by atoms with Gasteiger partial charge in [-0.05, 0) is 69.3 Å². The number of likely N-dealkylation sites (tertiary alicyclic amines) is 1. The normalized spacial score (nSPS) is 23.1. The average molecular weight is 398 g/mol. The molecular weight excluding hydrogens is 373 g/mol. The molecule has 3 rings (SSSR count). The molecule has 5 nitrogen and oxygen atoms in total. The summed E-state index contributed by atoms with van der Waals surface area (Å²) in [6, 6.07) is 4.43. The van der Waals surface area contributed by atoms with Crippen LogP contribution >= 0.6 is 23.2 Å². The smallest absolute Gasteiger partial charge is 0.254 e. The van der Waals surface area contributed by atoms with E-state index in [2.05, 4.69) is 10.6 Å². The molecule has 1 aromatic carbocycles. The van der Waals surface area contributed by atoms with Crippen LogP contribution < -0.4 is 10.6 Å². The van der Waals surface area contributed by atoms with E-state index in [1.807, 2.05) is 0 Å². The van der Waals surface area contributed by atoms with Crippen LogP contribution in [0.25, 0.3) is 0 Å². The van der Waals surface area contributed by atoms with E-state index in [0.29, 0.717) is 41.0 Å². The second-order valence-corrected chi connectivity index (χ2v) is 7.89. The summed E-state index contributed by atoms with van der Waals surface area (Å²) in [5, 5.41) is 7.17. The molecule has 2 saturated heterocycles. The van der Waals surface area contributed by atoms with Crippen molar-refractivity contribution in [2.24, 2.45) is 5.92 Å². The van der Waals surface area contributed by atoms with Gasteiger partial charge in [0.1, 0.15) is 6.04 Å². The zero-order valence-electron chi connectivity index (χ0n) is 14.8. The minimum absolute atomic E-state index is 0.0559. The van der Waals surface area contributed by atoms with Crippen molar-refractivity contribution in [1.29, 1.82) is 0 Å². The van der Waals surface area contributed by atoms with E-state index < -0.39 is 6.04 Å². The van der Waals surface area contributed by atoms with Gasteiger partial charge in [0.15, 0.2) is 0 Å². The van der Waals surface area contributed by atoms with Crippen molar-refractivity contribution in [3.05, 3.63) is 33.8 Å². The lowest BCUT2D eigenvalue weighted by Crippen LogP contribution is -2.46. The van der Waals surface area contributed by atoms with Crippen LogP contribution in [0.5, 0.6) is 0 Å². The molecule has 2 heterocycles. The van der Waals surface area contributed by atoms with Gasteiger partial charge in [0.25, 0.3) is 5.91 Å². The van der Waals surface area contributed by atoms with Gasteiger partial charge in [-0.3, -0.25) is 9.59 Å². The van der Waals surface area contributed by atoms with Gasteiger partial charge >= 0.3 is 0 Å². The number of nitrogens with zero attached hydrogens (tertiary/aromatic N) is 1. The zero-order chi connectivity index (χ0) is 18.5. The lowest BCUT2D eigenvalue weighted by Gasteiger charge is -2.25. The Hall–Kier alpha value is -1.30. The highest BCUT2D eigenvalue weighted by Crippen LogP contribution is 2.26. The number of hydrogen-bond donors (Lipinski definition) is 2. The SMILES string of the molecule is O=C(NCCC1CCCNC1)C1CCCN1C(=O)c1ccc(Cl)c(Cl)c1. The molecule has 0 bridgehead atoms. The molecular formula is C19H25Cl2N3O2. The molecule has 2 unspecified atom stereocenters. The lowest BCUT2D eigenvalue weighted by atomic mass is 9.96. The van der Waals surface area contributed by atoms with Crippen molar-refractivity contribution in [2.45, 2.75) is 38.1 Å². The van der Waals surface area contributed by atoms with Crippen LogP contribution in [0.2, 0.25) is 10.0 Å². The molecule has 0 aromatic heterocycles. The van der Waals surface area contributed by atoms with Crippen molar-refractivity contribution in [3.8, 4) is 0 Å². The van der Waals surface area contributed by atoms with Crippen molar-refractivity contribution in [1.82, 2.24) is 15.5 Å². The Morgan fingerprint density at radius 3 is 2.77 bits per heavy atom. The molecule has 1 aromatic rings. The second kappa shape index (κ2) is 9.07. The van der Waals surface area contributed by atoms with Gasteiger partial charge in [-0.15, -0.1) is 0 Å². The van der Waals surface area contributed by atoms with Gasteiger partial charge in [0.05, 0.1) is 10.0 Å². The van der Waals surface area contributed by atoms with Crippen molar-refractivity contribution >= 4 is 35.0 Å². The second-order valence-electron chi connectivity index (χ2n) is 7.08. The zero-order valence-corrected chi connectivity index (χ0v) is 16.3. The van der Waals surface area contributed by atoms with E-state index in [4.69, 9.17) is 23.2 Å². The van der Waals surface area contributed by atoms with E-state index in [1.54, 1.807) is 23.1 Å². The van der Waals surface area contributed by atoms with Crippen LogP contribution in [0.1, 0.15) is 42.5 Å². The Kier molecular flexibility index (Phi) is 6.79. The third kappa shape index (κ3) is 4.70. The summed E-state index contributed by atoms with van der Waals surface area (Å²) in [4.78, 5) is 27.0. The molecule has 0 radical (unpaired) electrons. The van der Waals surface area contributed by atoms with E-state index in [0.717, 1.165) is 25.9 Å². The van der Waals surface area contributed by atoms with Gasteiger partial charge in [-0.1, -0.05) is 23.2 Å². The summed E-state index contributed by atoms with van der Waals surface area (Å²) in [7, 11) is 0. The molecule has 2 aliphatic rings. The van der Waals surface area contributed by atoms with Crippen molar-refractivity contribution in [2.75, 3.05) is 26.2 Å². The minimum Gasteiger partial charge on any atom is -0.354 e. The number of carbonyl (C=O) groups is 2. The van der Waals surface area contributed by atoms with Crippen LogP contribution in [0.15, 0.2) is 18.2 Å². The number of nitrogens with one attached hydrogen (secondary N) is 2. The van der Waals surface area contributed by atoms with Gasteiger partial charge in [-0.25, -0.2) is 0 Å². The molecule has 2 amide bonds. The monoisotopic (exact) mass is 397 g/mol. The topological polar surface area (TPSA) is 61.4 Å². The molecule has 0 saturated carbocycles. The largest absolute Gasteiger partial charge is 0.354 e. The van der Waals surface area contributed by atoms with Gasteiger partial charge in [-0.2, -0.15) is 0 Å². The highest BCUT2D eigenvalue weighted by Gasteiger charge is 2.34. The Balaban J connectivity index is 1.55. The molecule has 0 spiro atoms. The summed E-state index contributed by atoms with van der Waals surface area (Å²) in [5.74, 6) is 0.402. The highest BCUT2D eigenvalue weighted by molar-refractivity contribution is 6.42. The fourth-order valence-corrected chi connectivity index (χ4v) is 4.06. The van der Waals surface area contributed by atoms with Gasteiger partial charge < -0.3 is 15.5 Å². The molecule has 7 heteroatoms. The number of halogens is 2. The average Bonchev–Trinajstić information content (AvgIpc) is 3.14. The van der Waals surface area contributed by atoms with Gasteiger partial charge in [0.2, 0.25) is 5.91 Å². The summed E-state index contributed by atoms with van der Waals surface area (Å²) in [6.45, 7) is 3.37. The van der Waals surface area contributed by atoms with E-state index >= 15 is 0 Å². The quantitative estimate of drug-likeness (QED) is 0.802. The molecule has 2 N–H and O–H groups in total. The summed E-state index contributed by atoms with van der Waals surface area (Å²) < 4.78 is 0. The third-order valence-electron chi connectivity index (χ3n) is 5.23. The number of piperidine rings is 1. The number of carbonyl (C=O) groups excluding carboxylic acids is 2. The first kappa shape index (κ1) is 19.5. The Morgan fingerprint density at radius 2 is 2.04 bits per heavy atom. The van der Waals surface area contributed by atoms with E-state index in [1.165, 1.54) is 12.8 Å². The first-order chi connectivity index (χ1) is 12.6. The van der Waals surface area contributed by atoms with Crippen LogP contribution in [0.3, 0.4) is 0 Å². The number of hydrogen-bond acceptors (Lipinski definition) is 3. The molecule has 0 aliphatic carbocycles. The van der Waals surface area contributed by atoms with Crippen LogP contribution in [0, 0.1) is 5.92 Å². The summed E-state index contributed by atoms with van der Waals surface area (Å²) in [5.41, 5.74) is 0.465. The number of benzene rings is 1. The summed E-state index contributed by atoms with van der Waals surface area (Å²) >= 11 is 11.9. The molecule has 2 atom stereocenters. The fraction of sp³-hybridized carbons (Fsp3) is 0.579. The predicted molar refractivity (Wildman–Crippen MR) is 104 cm³/mol. The van der Waals surface area contributed by atoms with Crippen molar-refractivity contribution < 1.29 is 9.59 Å². The third-order valence-corrected chi connectivity index (χ3v) is 5.97. The Bertz CT molecular complexity index is 662. The minimum atomic E-state index is -0.401. The molecule has 142 valence electrons. The highest BCUT2D eigenvalue weighted by atomic mass is 35.5. The maximum absolute atomic E-state index is 12.8. The van der Waals surface area contributed by atoms with E-state index in [9.17, 15) is 9.59 Å². The molecule has 2 fully saturated rings. The molecule has 2 aliphatic heterocycles. The standard InChI is InChI=1S/C19H25Cl2N3O2/c20-15-6-5-14(11-16(15)21)19(26)24-10-2-4-17(24)18(25)23-9-7-13-3-1-8-22-12-13/h5-6,11,13,17,22H,1-4,7-10,12H2,(H,23,25). The molecule has 26 heavy (non-hydrogen) atoms.